The molecule has 1 amide bonds. The van der Waals surface area contributed by atoms with E-state index in [2.05, 4.69) is 5.32 Å². The van der Waals surface area contributed by atoms with E-state index in [1.807, 2.05) is 0 Å². The van der Waals surface area contributed by atoms with Crippen molar-refractivity contribution in [3.05, 3.63) is 51.8 Å². The van der Waals surface area contributed by atoms with Gasteiger partial charge in [-0.25, -0.2) is 4.79 Å². The highest BCUT2D eigenvalue weighted by Crippen LogP contribution is 2.36. The predicted molar refractivity (Wildman–Crippen MR) is 103 cm³/mol. The summed E-state index contributed by atoms with van der Waals surface area (Å²) in [5.41, 5.74) is -0.713. The standard InChI is InChI=1S/C19H18F3N3O7/c1-11(31-18(27)15-4-5-16(32-15)25(28)29)17(26)23-13-10-12(19(20,21)22)2-3-14(13)24-6-8-30-9-7-24/h2-5,10-11H,6-9H2,1H3,(H,23,26). The van der Waals surface area contributed by atoms with Crippen LogP contribution in [0.1, 0.15) is 23.0 Å². The first-order valence-corrected chi connectivity index (χ1v) is 9.36. The van der Waals surface area contributed by atoms with Gasteiger partial charge in [-0.2, -0.15) is 13.2 Å². The average molecular weight is 457 g/mol. The zero-order chi connectivity index (χ0) is 23.5. The van der Waals surface area contributed by atoms with E-state index in [-0.39, 0.29) is 5.69 Å². The molecule has 1 atom stereocenters. The van der Waals surface area contributed by atoms with E-state index in [1.165, 1.54) is 13.0 Å². The Hall–Kier alpha value is -3.61. The van der Waals surface area contributed by atoms with E-state index in [0.29, 0.717) is 32.0 Å². The number of carbonyl (C=O) groups excluding carboxylic acids is 2. The molecule has 2 aromatic rings. The second kappa shape index (κ2) is 9.26. The number of nitro groups is 1. The Morgan fingerprint density at radius 2 is 1.91 bits per heavy atom. The summed E-state index contributed by atoms with van der Waals surface area (Å²) in [6.07, 6.45) is -6.06. The number of rotatable bonds is 6. The van der Waals surface area contributed by atoms with E-state index in [4.69, 9.17) is 13.9 Å². The minimum absolute atomic E-state index is 0.108. The molecule has 13 heteroatoms. The molecule has 1 aliphatic rings. The minimum Gasteiger partial charge on any atom is -0.447 e. The summed E-state index contributed by atoms with van der Waals surface area (Å²) < 4.78 is 54.4. The van der Waals surface area contributed by atoms with Crippen molar-refractivity contribution >= 4 is 29.1 Å². The molecule has 1 aromatic carbocycles. The fourth-order valence-electron chi connectivity index (χ4n) is 2.93. The summed E-state index contributed by atoms with van der Waals surface area (Å²) in [6, 6.07) is 4.91. The normalized spacial score (nSPS) is 15.2. The van der Waals surface area contributed by atoms with E-state index >= 15 is 0 Å². The van der Waals surface area contributed by atoms with E-state index in [0.717, 1.165) is 24.3 Å². The zero-order valence-electron chi connectivity index (χ0n) is 16.7. The topological polar surface area (TPSA) is 124 Å². The SMILES string of the molecule is CC(OC(=O)c1ccc([N+](=O)[O-])o1)C(=O)Nc1cc(C(F)(F)F)ccc1N1CCOCC1. The second-order valence-electron chi connectivity index (χ2n) is 6.76. The van der Waals surface area contributed by atoms with Gasteiger partial charge in [0.2, 0.25) is 5.76 Å². The Bertz CT molecular complexity index is 1020. The number of amides is 1. The van der Waals surface area contributed by atoms with Crippen LogP contribution in [-0.4, -0.2) is 49.2 Å². The van der Waals surface area contributed by atoms with Crippen molar-refractivity contribution in [2.75, 3.05) is 36.5 Å². The summed E-state index contributed by atoms with van der Waals surface area (Å²) in [6.45, 7) is 2.77. The number of hydrogen-bond donors (Lipinski definition) is 1. The van der Waals surface area contributed by atoms with Gasteiger partial charge in [0.05, 0.1) is 36.2 Å². The van der Waals surface area contributed by atoms with Gasteiger partial charge in [0.1, 0.15) is 4.92 Å². The Balaban J connectivity index is 1.76. The van der Waals surface area contributed by atoms with Crippen LogP contribution in [0.5, 0.6) is 0 Å². The Morgan fingerprint density at radius 1 is 1.22 bits per heavy atom. The maximum absolute atomic E-state index is 13.2. The molecule has 0 aliphatic carbocycles. The molecule has 0 saturated carbocycles. The molecular formula is C19H18F3N3O7. The molecular weight excluding hydrogens is 439 g/mol. The first-order valence-electron chi connectivity index (χ1n) is 9.36. The number of esters is 1. The quantitative estimate of drug-likeness (QED) is 0.398. The maximum atomic E-state index is 13.2. The zero-order valence-corrected chi connectivity index (χ0v) is 16.7. The van der Waals surface area contributed by atoms with Gasteiger partial charge in [-0.1, -0.05) is 0 Å². The predicted octanol–water partition coefficient (Wildman–Crippen LogP) is 3.23. The minimum atomic E-state index is -4.63. The highest BCUT2D eigenvalue weighted by molar-refractivity contribution is 5.99. The number of carbonyl (C=O) groups is 2. The van der Waals surface area contributed by atoms with Gasteiger partial charge in [-0.05, 0) is 31.2 Å². The van der Waals surface area contributed by atoms with Gasteiger partial charge in [0.15, 0.2) is 6.10 Å². The molecule has 1 aliphatic heterocycles. The van der Waals surface area contributed by atoms with Gasteiger partial charge >= 0.3 is 18.0 Å². The lowest BCUT2D eigenvalue weighted by Gasteiger charge is -2.31. The number of anilines is 2. The van der Waals surface area contributed by atoms with Crippen LogP contribution < -0.4 is 10.2 Å². The summed E-state index contributed by atoms with van der Waals surface area (Å²) in [4.78, 5) is 36.1. The number of ether oxygens (including phenoxy) is 2. The molecule has 172 valence electrons. The third kappa shape index (κ3) is 5.35. The van der Waals surface area contributed by atoms with Crippen LogP contribution in [0.2, 0.25) is 0 Å². The van der Waals surface area contributed by atoms with Crippen molar-refractivity contribution in [1.29, 1.82) is 0 Å². The Kier molecular flexibility index (Phi) is 6.67. The fraction of sp³-hybridized carbons (Fsp3) is 0.368. The van der Waals surface area contributed by atoms with Crippen molar-refractivity contribution in [2.24, 2.45) is 0 Å². The number of nitrogens with zero attached hydrogens (tertiary/aromatic N) is 2. The second-order valence-corrected chi connectivity index (χ2v) is 6.76. The smallest absolute Gasteiger partial charge is 0.433 e. The number of benzene rings is 1. The summed E-state index contributed by atoms with van der Waals surface area (Å²) >= 11 is 0. The molecule has 1 saturated heterocycles. The van der Waals surface area contributed by atoms with Crippen molar-refractivity contribution in [2.45, 2.75) is 19.2 Å². The largest absolute Gasteiger partial charge is 0.447 e. The van der Waals surface area contributed by atoms with E-state index in [1.54, 1.807) is 4.90 Å². The van der Waals surface area contributed by atoms with E-state index in [9.17, 15) is 32.9 Å². The van der Waals surface area contributed by atoms with Crippen molar-refractivity contribution in [3.8, 4) is 0 Å². The molecule has 0 radical (unpaired) electrons. The van der Waals surface area contributed by atoms with Gasteiger partial charge in [0, 0.05) is 13.1 Å². The molecule has 3 rings (SSSR count). The van der Waals surface area contributed by atoms with Crippen LogP contribution in [0, 0.1) is 10.1 Å². The first kappa shape index (κ1) is 23.1. The van der Waals surface area contributed by atoms with E-state index < -0.39 is 46.3 Å². The van der Waals surface area contributed by atoms with Gasteiger partial charge in [-0.3, -0.25) is 14.9 Å². The molecule has 1 aromatic heterocycles. The molecule has 0 spiro atoms. The fourth-order valence-corrected chi connectivity index (χ4v) is 2.93. The number of alkyl halides is 3. The third-order valence-electron chi connectivity index (χ3n) is 4.56. The number of hydrogen-bond acceptors (Lipinski definition) is 8. The maximum Gasteiger partial charge on any atom is 0.433 e. The lowest BCUT2D eigenvalue weighted by Crippen LogP contribution is -2.37. The van der Waals surface area contributed by atoms with Crippen LogP contribution in [0.25, 0.3) is 0 Å². The summed E-state index contributed by atoms with van der Waals surface area (Å²) in [5.74, 6) is -3.22. The van der Waals surface area contributed by atoms with Crippen molar-refractivity contribution < 1.29 is 41.6 Å². The number of furan rings is 1. The molecule has 1 unspecified atom stereocenters. The van der Waals surface area contributed by atoms with Crippen LogP contribution >= 0.6 is 0 Å². The number of nitrogens with one attached hydrogen (secondary N) is 1. The number of morpholine rings is 1. The summed E-state index contributed by atoms with van der Waals surface area (Å²) in [7, 11) is 0. The van der Waals surface area contributed by atoms with Crippen molar-refractivity contribution in [1.82, 2.24) is 0 Å². The molecule has 2 heterocycles. The highest BCUT2D eigenvalue weighted by Gasteiger charge is 2.32. The van der Waals surface area contributed by atoms with Crippen LogP contribution in [0.15, 0.2) is 34.7 Å². The average Bonchev–Trinajstić information content (AvgIpc) is 3.24. The monoisotopic (exact) mass is 457 g/mol. The van der Waals surface area contributed by atoms with Crippen LogP contribution in [0.3, 0.4) is 0 Å². The molecule has 1 fully saturated rings. The van der Waals surface area contributed by atoms with Crippen molar-refractivity contribution in [3.63, 3.8) is 0 Å². The lowest BCUT2D eigenvalue weighted by molar-refractivity contribution is -0.402. The lowest BCUT2D eigenvalue weighted by atomic mass is 10.1. The summed E-state index contributed by atoms with van der Waals surface area (Å²) in [5, 5.41) is 13.0. The Morgan fingerprint density at radius 3 is 2.50 bits per heavy atom. The third-order valence-corrected chi connectivity index (χ3v) is 4.56. The van der Waals surface area contributed by atoms with Crippen LogP contribution in [-0.2, 0) is 20.4 Å². The van der Waals surface area contributed by atoms with Crippen LogP contribution in [0.4, 0.5) is 30.4 Å². The molecule has 10 nitrogen and oxygen atoms in total. The molecule has 0 bridgehead atoms. The highest BCUT2D eigenvalue weighted by atomic mass is 19.4. The number of halogens is 3. The van der Waals surface area contributed by atoms with Gasteiger partial charge in [0.25, 0.3) is 5.91 Å². The molecule has 32 heavy (non-hydrogen) atoms. The Labute approximate surface area is 179 Å². The van der Waals surface area contributed by atoms with Gasteiger partial charge < -0.3 is 24.1 Å². The van der Waals surface area contributed by atoms with Gasteiger partial charge in [-0.15, -0.1) is 0 Å². The molecule has 1 N–H and O–H groups in total. The first-order chi connectivity index (χ1) is 15.1.